The minimum Gasteiger partial charge on any atom is -0.487 e. The number of ether oxygens (including phenoxy) is 3. The van der Waals surface area contributed by atoms with Crippen molar-refractivity contribution in [3.63, 3.8) is 0 Å². The number of H-pyrrole nitrogens is 1. The first-order valence-electron chi connectivity index (χ1n) is 8.60. The molecule has 0 aliphatic carbocycles. The normalized spacial score (nSPS) is 10.8. The molecule has 3 aromatic rings. The molecule has 3 rings (SSSR count). The highest BCUT2D eigenvalue weighted by Crippen LogP contribution is 2.32. The van der Waals surface area contributed by atoms with Crippen LogP contribution >= 0.6 is 0 Å². The largest absolute Gasteiger partial charge is 0.487 e. The van der Waals surface area contributed by atoms with Crippen LogP contribution in [0.4, 0.5) is 0 Å². The Morgan fingerprint density at radius 3 is 2.52 bits per heavy atom. The van der Waals surface area contributed by atoms with E-state index in [1.165, 1.54) is 13.3 Å². The number of benzene rings is 2. The van der Waals surface area contributed by atoms with Crippen LogP contribution in [-0.2, 0) is 11.3 Å². The van der Waals surface area contributed by atoms with Crippen molar-refractivity contribution in [2.24, 2.45) is 0 Å². The van der Waals surface area contributed by atoms with Crippen LogP contribution in [0, 0.1) is 0 Å². The zero-order valence-electron chi connectivity index (χ0n) is 15.4. The fraction of sp³-hybridized carbons (Fsp3) is 0.238. The van der Waals surface area contributed by atoms with Gasteiger partial charge in [-0.1, -0.05) is 30.3 Å². The lowest BCUT2D eigenvalue weighted by atomic mass is 10.1. The molecule has 0 unspecified atom stereocenters. The molecule has 27 heavy (non-hydrogen) atoms. The van der Waals surface area contributed by atoms with Crippen LogP contribution in [-0.4, -0.2) is 24.2 Å². The van der Waals surface area contributed by atoms with Crippen molar-refractivity contribution in [1.29, 1.82) is 0 Å². The van der Waals surface area contributed by atoms with Gasteiger partial charge in [-0.2, -0.15) is 0 Å². The monoisotopic (exact) mass is 367 g/mol. The highest BCUT2D eigenvalue weighted by atomic mass is 16.5. The van der Waals surface area contributed by atoms with Crippen molar-refractivity contribution in [3.05, 3.63) is 70.0 Å². The van der Waals surface area contributed by atoms with E-state index >= 15 is 0 Å². The van der Waals surface area contributed by atoms with Crippen LogP contribution < -0.4 is 14.9 Å². The molecule has 0 aliphatic rings. The molecule has 0 saturated heterocycles. The maximum atomic E-state index is 12.6. The molecule has 1 heterocycles. The third-order valence-corrected chi connectivity index (χ3v) is 3.95. The Kier molecular flexibility index (Phi) is 5.45. The number of aromatic amines is 1. The number of carbonyl (C=O) groups excluding carboxylic acids is 1. The van der Waals surface area contributed by atoms with E-state index in [0.29, 0.717) is 29.0 Å². The average molecular weight is 367 g/mol. The molecule has 6 heteroatoms. The van der Waals surface area contributed by atoms with Gasteiger partial charge in [-0.15, -0.1) is 0 Å². The lowest BCUT2D eigenvalue weighted by Gasteiger charge is -2.16. The van der Waals surface area contributed by atoms with Crippen LogP contribution in [0.3, 0.4) is 0 Å². The second-order valence-electron chi connectivity index (χ2n) is 6.31. The summed E-state index contributed by atoms with van der Waals surface area (Å²) in [6, 6.07) is 13.1. The number of nitrogens with one attached hydrogen (secondary N) is 1. The minimum absolute atomic E-state index is 0.0570. The van der Waals surface area contributed by atoms with Crippen molar-refractivity contribution in [3.8, 4) is 11.5 Å². The lowest BCUT2D eigenvalue weighted by molar-refractivity contribution is 0.0599. The highest BCUT2D eigenvalue weighted by Gasteiger charge is 2.17. The van der Waals surface area contributed by atoms with E-state index < -0.39 is 11.4 Å². The number of hydrogen-bond donors (Lipinski definition) is 1. The minimum atomic E-state index is -0.686. The van der Waals surface area contributed by atoms with E-state index in [9.17, 15) is 9.59 Å². The molecule has 6 nitrogen and oxygen atoms in total. The van der Waals surface area contributed by atoms with Crippen molar-refractivity contribution < 1.29 is 19.0 Å². The summed E-state index contributed by atoms with van der Waals surface area (Å²) in [5.74, 6) is 0.274. The standard InChI is InChI=1S/C21H21NO5/c1-13(2)27-19-9-15-17(22-11-16(20(15)23)21(24)25-3)10-18(19)26-12-14-7-5-4-6-8-14/h4-11,13H,12H2,1-3H3,(H,22,23). The van der Waals surface area contributed by atoms with Crippen LogP contribution in [0.1, 0.15) is 29.8 Å². The first-order chi connectivity index (χ1) is 13.0. The van der Waals surface area contributed by atoms with Gasteiger partial charge in [0.25, 0.3) is 0 Å². The summed E-state index contributed by atoms with van der Waals surface area (Å²) >= 11 is 0. The van der Waals surface area contributed by atoms with E-state index in [1.807, 2.05) is 44.2 Å². The summed E-state index contributed by atoms with van der Waals surface area (Å²) in [5.41, 5.74) is 1.09. The summed E-state index contributed by atoms with van der Waals surface area (Å²) in [6.07, 6.45) is 1.24. The van der Waals surface area contributed by atoms with E-state index in [4.69, 9.17) is 9.47 Å². The third-order valence-electron chi connectivity index (χ3n) is 3.95. The van der Waals surface area contributed by atoms with Crippen molar-refractivity contribution in [2.45, 2.75) is 26.6 Å². The zero-order chi connectivity index (χ0) is 19.4. The van der Waals surface area contributed by atoms with Gasteiger partial charge in [0.15, 0.2) is 11.5 Å². The molecule has 140 valence electrons. The SMILES string of the molecule is COC(=O)c1c[nH]c2cc(OCc3ccccc3)c(OC(C)C)cc2c1=O. The topological polar surface area (TPSA) is 77.6 Å². The second-order valence-corrected chi connectivity index (χ2v) is 6.31. The Balaban J connectivity index is 2.04. The molecule has 0 aliphatic heterocycles. The summed E-state index contributed by atoms with van der Waals surface area (Å²) < 4.78 is 16.4. The number of pyridine rings is 1. The summed E-state index contributed by atoms with van der Waals surface area (Å²) in [5, 5.41) is 0.334. The van der Waals surface area contributed by atoms with Crippen molar-refractivity contribution >= 4 is 16.9 Å². The summed E-state index contributed by atoms with van der Waals surface area (Å²) in [4.78, 5) is 27.4. The number of hydrogen-bond acceptors (Lipinski definition) is 5. The van der Waals surface area contributed by atoms with Crippen LogP contribution in [0.15, 0.2) is 53.5 Å². The van der Waals surface area contributed by atoms with Gasteiger partial charge in [0.1, 0.15) is 12.2 Å². The Labute approximate surface area is 156 Å². The van der Waals surface area contributed by atoms with Gasteiger partial charge in [0, 0.05) is 12.3 Å². The number of esters is 1. The smallest absolute Gasteiger partial charge is 0.343 e. The van der Waals surface area contributed by atoms with E-state index in [1.54, 1.807) is 12.1 Å². The summed E-state index contributed by atoms with van der Waals surface area (Å²) in [6.45, 7) is 4.14. The fourth-order valence-electron chi connectivity index (χ4n) is 2.68. The maximum Gasteiger partial charge on any atom is 0.343 e. The van der Waals surface area contributed by atoms with E-state index in [-0.39, 0.29) is 11.7 Å². The van der Waals surface area contributed by atoms with Crippen molar-refractivity contribution in [2.75, 3.05) is 7.11 Å². The first kappa shape index (κ1) is 18.5. The summed E-state index contributed by atoms with van der Waals surface area (Å²) in [7, 11) is 1.24. The van der Waals surface area contributed by atoms with Gasteiger partial charge in [0.05, 0.1) is 24.1 Å². The molecule has 2 aromatic carbocycles. The van der Waals surface area contributed by atoms with Crippen LogP contribution in [0.2, 0.25) is 0 Å². The molecule has 0 amide bonds. The number of rotatable bonds is 6. The van der Waals surface area contributed by atoms with Gasteiger partial charge in [-0.05, 0) is 25.5 Å². The molecule has 0 saturated carbocycles. The van der Waals surface area contributed by atoms with Crippen LogP contribution in [0.25, 0.3) is 10.9 Å². The van der Waals surface area contributed by atoms with Gasteiger partial charge < -0.3 is 19.2 Å². The lowest BCUT2D eigenvalue weighted by Crippen LogP contribution is -2.17. The molecular weight excluding hydrogens is 346 g/mol. The maximum absolute atomic E-state index is 12.6. The van der Waals surface area contributed by atoms with E-state index in [2.05, 4.69) is 9.72 Å². The Bertz CT molecular complexity index is 1010. The Morgan fingerprint density at radius 1 is 1.11 bits per heavy atom. The Hall–Kier alpha value is -3.28. The quantitative estimate of drug-likeness (QED) is 0.673. The zero-order valence-corrected chi connectivity index (χ0v) is 15.4. The van der Waals surface area contributed by atoms with Gasteiger partial charge in [0.2, 0.25) is 5.43 Å². The predicted molar refractivity (Wildman–Crippen MR) is 102 cm³/mol. The molecule has 1 N–H and O–H groups in total. The molecule has 0 radical (unpaired) electrons. The van der Waals surface area contributed by atoms with Gasteiger partial charge in [-0.3, -0.25) is 4.79 Å². The van der Waals surface area contributed by atoms with Gasteiger partial charge >= 0.3 is 5.97 Å². The average Bonchev–Trinajstić information content (AvgIpc) is 2.67. The predicted octanol–water partition coefficient (Wildman–Crippen LogP) is 3.68. The number of methoxy groups -OCH3 is 1. The highest BCUT2D eigenvalue weighted by molar-refractivity contribution is 5.94. The van der Waals surface area contributed by atoms with E-state index in [0.717, 1.165) is 5.56 Å². The Morgan fingerprint density at radius 2 is 1.85 bits per heavy atom. The molecule has 1 aromatic heterocycles. The van der Waals surface area contributed by atoms with Crippen molar-refractivity contribution in [1.82, 2.24) is 4.98 Å². The number of fused-ring (bicyclic) bond motifs is 1. The molecule has 0 spiro atoms. The molecular formula is C21H21NO5. The third kappa shape index (κ3) is 4.11. The molecule has 0 bridgehead atoms. The molecule has 0 fully saturated rings. The van der Waals surface area contributed by atoms with Crippen LogP contribution in [0.5, 0.6) is 11.5 Å². The first-order valence-corrected chi connectivity index (χ1v) is 8.60. The van der Waals surface area contributed by atoms with Gasteiger partial charge in [-0.25, -0.2) is 4.79 Å². The number of carbonyl (C=O) groups is 1. The number of aromatic nitrogens is 1. The second kappa shape index (κ2) is 7.95. The molecule has 0 atom stereocenters. The fourth-order valence-corrected chi connectivity index (χ4v) is 2.68.